The van der Waals surface area contributed by atoms with Crippen molar-refractivity contribution >= 4 is 11.7 Å². The smallest absolute Gasteiger partial charge is 0.360 e. The molecule has 2 aromatic rings. The summed E-state index contributed by atoms with van der Waals surface area (Å²) in [6.45, 7) is 1.56. The van der Waals surface area contributed by atoms with Gasteiger partial charge in [-0.3, -0.25) is 10.1 Å². The molecule has 1 aromatic carbocycles. The summed E-state index contributed by atoms with van der Waals surface area (Å²) in [5.41, 5.74) is -0.258. The van der Waals surface area contributed by atoms with Gasteiger partial charge in [-0.2, -0.15) is 0 Å². The van der Waals surface area contributed by atoms with E-state index in [2.05, 4.69) is 9.97 Å². The summed E-state index contributed by atoms with van der Waals surface area (Å²) >= 11 is 0. The van der Waals surface area contributed by atoms with Crippen LogP contribution in [0.2, 0.25) is 0 Å². The number of nitro benzene ring substituents is 1. The van der Waals surface area contributed by atoms with Crippen LogP contribution in [-0.2, 0) is 0 Å². The minimum absolute atomic E-state index is 0.0852. The van der Waals surface area contributed by atoms with Gasteiger partial charge in [-0.25, -0.2) is 14.8 Å². The number of aryl methyl sites for hydroxylation is 1. The Bertz CT molecular complexity index is 687. The number of hydrogen-bond donors (Lipinski definition) is 1. The molecular formula is C12H9N3O5. The molecule has 0 bridgehead atoms. The zero-order valence-corrected chi connectivity index (χ0v) is 10.3. The molecule has 102 valence electrons. The number of rotatable bonds is 4. The number of aromatic nitrogens is 2. The van der Waals surface area contributed by atoms with Crippen LogP contribution in [0.1, 0.15) is 16.1 Å². The molecule has 8 nitrogen and oxygen atoms in total. The lowest BCUT2D eigenvalue weighted by Gasteiger charge is -2.08. The maximum Gasteiger partial charge on any atom is 0.360 e. The summed E-state index contributed by atoms with van der Waals surface area (Å²) < 4.78 is 5.25. The first-order valence-electron chi connectivity index (χ1n) is 5.47. The lowest BCUT2D eigenvalue weighted by molar-refractivity contribution is -0.386. The minimum atomic E-state index is -1.33. The van der Waals surface area contributed by atoms with E-state index in [-0.39, 0.29) is 17.3 Å². The number of carboxylic acid groups (broad SMARTS) is 1. The van der Waals surface area contributed by atoms with Gasteiger partial charge in [0.05, 0.1) is 4.92 Å². The first-order valence-corrected chi connectivity index (χ1v) is 5.47. The number of hydrogen-bond acceptors (Lipinski definition) is 6. The van der Waals surface area contributed by atoms with Crippen molar-refractivity contribution in [2.24, 2.45) is 0 Å². The van der Waals surface area contributed by atoms with Gasteiger partial charge in [0.2, 0.25) is 11.4 Å². The van der Waals surface area contributed by atoms with Crippen molar-refractivity contribution in [2.45, 2.75) is 6.92 Å². The van der Waals surface area contributed by atoms with E-state index in [0.29, 0.717) is 5.56 Å². The number of ether oxygens (including phenoxy) is 1. The number of para-hydroxylation sites is 1. The maximum absolute atomic E-state index is 11.0. The summed E-state index contributed by atoms with van der Waals surface area (Å²) in [4.78, 5) is 28.8. The van der Waals surface area contributed by atoms with E-state index >= 15 is 0 Å². The van der Waals surface area contributed by atoms with Crippen LogP contribution < -0.4 is 4.74 Å². The Balaban J connectivity index is 2.49. The standard InChI is InChI=1S/C12H9N3O5/c1-7-3-2-4-8(10(7)15(18)19)20-11-9(12(16)17)13-5-6-14-11/h2-6H,1H3,(H,16,17). The van der Waals surface area contributed by atoms with Crippen molar-refractivity contribution in [3.05, 3.63) is 52.0 Å². The molecule has 2 rings (SSSR count). The van der Waals surface area contributed by atoms with Crippen molar-refractivity contribution in [3.63, 3.8) is 0 Å². The summed E-state index contributed by atoms with van der Waals surface area (Å²) in [5.74, 6) is -1.71. The Morgan fingerprint density at radius 3 is 2.70 bits per heavy atom. The predicted octanol–water partition coefficient (Wildman–Crippen LogP) is 2.18. The van der Waals surface area contributed by atoms with Crippen LogP contribution in [0.15, 0.2) is 30.6 Å². The second-order valence-electron chi connectivity index (χ2n) is 3.80. The van der Waals surface area contributed by atoms with Crippen LogP contribution in [0, 0.1) is 17.0 Å². The van der Waals surface area contributed by atoms with Gasteiger partial charge in [-0.05, 0) is 13.0 Å². The Morgan fingerprint density at radius 1 is 1.35 bits per heavy atom. The molecule has 0 aliphatic heterocycles. The average molecular weight is 275 g/mol. The number of nitrogens with zero attached hydrogens (tertiary/aromatic N) is 3. The Hall–Kier alpha value is -3.03. The number of carbonyl (C=O) groups is 1. The first kappa shape index (κ1) is 13.4. The lowest BCUT2D eigenvalue weighted by Crippen LogP contribution is -2.05. The Morgan fingerprint density at radius 2 is 2.05 bits per heavy atom. The molecule has 0 fully saturated rings. The van der Waals surface area contributed by atoms with Crippen molar-refractivity contribution < 1.29 is 19.6 Å². The molecule has 1 N–H and O–H groups in total. The van der Waals surface area contributed by atoms with E-state index in [1.54, 1.807) is 19.1 Å². The second kappa shape index (κ2) is 5.31. The summed E-state index contributed by atoms with van der Waals surface area (Å²) in [5, 5.41) is 20.0. The van der Waals surface area contributed by atoms with E-state index in [4.69, 9.17) is 9.84 Å². The van der Waals surface area contributed by atoms with Crippen LogP contribution in [0.4, 0.5) is 5.69 Å². The van der Waals surface area contributed by atoms with Gasteiger partial charge in [-0.15, -0.1) is 0 Å². The molecule has 0 unspecified atom stereocenters. The fourth-order valence-corrected chi connectivity index (χ4v) is 1.60. The van der Waals surface area contributed by atoms with Crippen LogP contribution in [-0.4, -0.2) is 26.0 Å². The zero-order chi connectivity index (χ0) is 14.7. The van der Waals surface area contributed by atoms with Crippen LogP contribution in [0.5, 0.6) is 11.6 Å². The van der Waals surface area contributed by atoms with Gasteiger partial charge in [0, 0.05) is 18.0 Å². The molecule has 0 aliphatic carbocycles. The number of benzene rings is 1. The summed E-state index contributed by atoms with van der Waals surface area (Å²) in [7, 11) is 0. The van der Waals surface area contributed by atoms with Crippen molar-refractivity contribution in [1.29, 1.82) is 0 Å². The van der Waals surface area contributed by atoms with Crippen LogP contribution in [0.3, 0.4) is 0 Å². The summed E-state index contributed by atoms with van der Waals surface area (Å²) in [6, 6.07) is 4.49. The highest BCUT2D eigenvalue weighted by atomic mass is 16.6. The monoisotopic (exact) mass is 275 g/mol. The van der Waals surface area contributed by atoms with Crippen molar-refractivity contribution in [3.8, 4) is 11.6 Å². The van der Waals surface area contributed by atoms with Gasteiger partial charge in [0.15, 0.2) is 0 Å². The van der Waals surface area contributed by atoms with Gasteiger partial charge in [0.1, 0.15) is 0 Å². The topological polar surface area (TPSA) is 115 Å². The molecule has 0 amide bonds. The third-order valence-electron chi connectivity index (χ3n) is 2.46. The average Bonchev–Trinajstić information content (AvgIpc) is 2.38. The fraction of sp³-hybridized carbons (Fsp3) is 0.0833. The maximum atomic E-state index is 11.0. The SMILES string of the molecule is Cc1cccc(Oc2nccnc2C(=O)O)c1[N+](=O)[O-]. The van der Waals surface area contributed by atoms with Crippen LogP contribution in [0.25, 0.3) is 0 Å². The molecule has 0 spiro atoms. The van der Waals surface area contributed by atoms with E-state index in [1.165, 1.54) is 18.5 Å². The quantitative estimate of drug-likeness (QED) is 0.671. The number of aromatic carboxylic acids is 1. The Kier molecular flexibility index (Phi) is 3.56. The van der Waals surface area contributed by atoms with E-state index in [0.717, 1.165) is 0 Å². The van der Waals surface area contributed by atoms with Crippen molar-refractivity contribution in [2.75, 3.05) is 0 Å². The van der Waals surface area contributed by atoms with Crippen molar-refractivity contribution in [1.82, 2.24) is 9.97 Å². The van der Waals surface area contributed by atoms with Gasteiger partial charge in [-0.1, -0.05) is 12.1 Å². The molecular weight excluding hydrogens is 266 g/mol. The highest BCUT2D eigenvalue weighted by molar-refractivity contribution is 5.87. The number of nitro groups is 1. The third kappa shape index (κ3) is 2.53. The summed E-state index contributed by atoms with van der Waals surface area (Å²) in [6.07, 6.45) is 2.43. The molecule has 0 atom stereocenters. The predicted molar refractivity (Wildman–Crippen MR) is 66.9 cm³/mol. The van der Waals surface area contributed by atoms with E-state index in [1.807, 2.05) is 0 Å². The van der Waals surface area contributed by atoms with Gasteiger partial charge >= 0.3 is 11.7 Å². The molecule has 0 radical (unpaired) electrons. The van der Waals surface area contributed by atoms with Crippen LogP contribution >= 0.6 is 0 Å². The molecule has 0 saturated heterocycles. The molecule has 0 aliphatic rings. The minimum Gasteiger partial charge on any atom is -0.476 e. The third-order valence-corrected chi connectivity index (χ3v) is 2.46. The van der Waals surface area contributed by atoms with E-state index in [9.17, 15) is 14.9 Å². The molecule has 20 heavy (non-hydrogen) atoms. The van der Waals surface area contributed by atoms with Gasteiger partial charge in [0.25, 0.3) is 5.88 Å². The molecule has 1 heterocycles. The Labute approximate surface area is 112 Å². The molecule has 1 aromatic heterocycles. The second-order valence-corrected chi connectivity index (χ2v) is 3.80. The highest BCUT2D eigenvalue weighted by Gasteiger charge is 2.22. The first-order chi connectivity index (χ1) is 9.50. The number of carboxylic acids is 1. The van der Waals surface area contributed by atoms with E-state index < -0.39 is 16.6 Å². The van der Waals surface area contributed by atoms with Gasteiger partial charge < -0.3 is 9.84 Å². The highest BCUT2D eigenvalue weighted by Crippen LogP contribution is 2.33. The normalized spacial score (nSPS) is 10.1. The zero-order valence-electron chi connectivity index (χ0n) is 10.3. The fourth-order valence-electron chi connectivity index (χ4n) is 1.60. The largest absolute Gasteiger partial charge is 0.476 e. The molecule has 0 saturated carbocycles. The molecule has 8 heteroatoms. The lowest BCUT2D eigenvalue weighted by atomic mass is 10.2.